The number of aromatic nitrogens is 1. The van der Waals surface area contributed by atoms with Crippen molar-refractivity contribution < 1.29 is 4.42 Å². The van der Waals surface area contributed by atoms with Crippen LogP contribution in [0, 0.1) is 13.8 Å². The first-order chi connectivity index (χ1) is 7.67. The van der Waals surface area contributed by atoms with Gasteiger partial charge in [-0.2, -0.15) is 4.98 Å². The van der Waals surface area contributed by atoms with E-state index in [1.165, 1.54) is 11.1 Å². The zero-order chi connectivity index (χ0) is 11.5. The lowest BCUT2D eigenvalue weighted by molar-refractivity contribution is 0.576. The van der Waals surface area contributed by atoms with E-state index in [1.807, 2.05) is 12.1 Å². The SMILES string of the molecule is Cc1cc(C)cc(Nc2nc(CN)co2)c1. The van der Waals surface area contributed by atoms with Gasteiger partial charge in [-0.15, -0.1) is 0 Å². The highest BCUT2D eigenvalue weighted by Gasteiger charge is 2.03. The van der Waals surface area contributed by atoms with Crippen molar-refractivity contribution in [3.8, 4) is 0 Å². The van der Waals surface area contributed by atoms with Gasteiger partial charge in [-0.1, -0.05) is 6.07 Å². The number of nitrogens with two attached hydrogens (primary N) is 1. The topological polar surface area (TPSA) is 64.1 Å². The van der Waals surface area contributed by atoms with Crippen LogP contribution in [0.25, 0.3) is 0 Å². The average Bonchev–Trinajstić information content (AvgIpc) is 2.64. The molecule has 0 aliphatic heterocycles. The molecule has 0 bridgehead atoms. The molecule has 84 valence electrons. The van der Waals surface area contributed by atoms with Crippen molar-refractivity contribution in [3.05, 3.63) is 41.3 Å². The highest BCUT2D eigenvalue weighted by molar-refractivity contribution is 5.55. The van der Waals surface area contributed by atoms with Gasteiger partial charge >= 0.3 is 0 Å². The maximum Gasteiger partial charge on any atom is 0.299 e. The van der Waals surface area contributed by atoms with Crippen molar-refractivity contribution >= 4 is 11.7 Å². The summed E-state index contributed by atoms with van der Waals surface area (Å²) in [5.41, 5.74) is 9.58. The van der Waals surface area contributed by atoms with Crippen LogP contribution in [0.2, 0.25) is 0 Å². The summed E-state index contributed by atoms with van der Waals surface area (Å²) in [4.78, 5) is 4.18. The van der Waals surface area contributed by atoms with Gasteiger partial charge in [0.25, 0.3) is 6.01 Å². The van der Waals surface area contributed by atoms with Crippen molar-refractivity contribution in [3.63, 3.8) is 0 Å². The number of aryl methyl sites for hydroxylation is 2. The number of hydrogen-bond donors (Lipinski definition) is 2. The van der Waals surface area contributed by atoms with Gasteiger partial charge in [-0.05, 0) is 37.1 Å². The molecule has 0 atom stereocenters. The van der Waals surface area contributed by atoms with Gasteiger partial charge in [-0.25, -0.2) is 0 Å². The number of benzene rings is 1. The van der Waals surface area contributed by atoms with E-state index in [-0.39, 0.29) is 0 Å². The van der Waals surface area contributed by atoms with Crippen LogP contribution in [-0.2, 0) is 6.54 Å². The van der Waals surface area contributed by atoms with Gasteiger partial charge in [0, 0.05) is 12.2 Å². The van der Waals surface area contributed by atoms with Crippen molar-refractivity contribution in [2.45, 2.75) is 20.4 Å². The largest absolute Gasteiger partial charge is 0.432 e. The summed E-state index contributed by atoms with van der Waals surface area (Å²) in [5.74, 6) is 0. The van der Waals surface area contributed by atoms with Gasteiger partial charge in [0.05, 0.1) is 5.69 Å². The molecule has 2 rings (SSSR count). The maximum absolute atomic E-state index is 5.45. The third-order valence-corrected chi connectivity index (χ3v) is 2.23. The van der Waals surface area contributed by atoms with Gasteiger partial charge in [0.2, 0.25) is 0 Å². The molecule has 4 nitrogen and oxygen atoms in total. The van der Waals surface area contributed by atoms with Crippen molar-refractivity contribution in [2.75, 3.05) is 5.32 Å². The number of nitrogens with zero attached hydrogens (tertiary/aromatic N) is 1. The quantitative estimate of drug-likeness (QED) is 0.829. The Morgan fingerprint density at radius 3 is 2.50 bits per heavy atom. The lowest BCUT2D eigenvalue weighted by Crippen LogP contribution is -1.97. The predicted molar refractivity (Wildman–Crippen MR) is 63.6 cm³/mol. The van der Waals surface area contributed by atoms with Crippen LogP contribution in [0.5, 0.6) is 0 Å². The number of oxazole rings is 1. The van der Waals surface area contributed by atoms with Crippen LogP contribution in [0.3, 0.4) is 0 Å². The fourth-order valence-electron chi connectivity index (χ4n) is 1.63. The van der Waals surface area contributed by atoms with Crippen LogP contribution in [0.15, 0.2) is 28.9 Å². The number of hydrogen-bond acceptors (Lipinski definition) is 4. The minimum absolute atomic E-state index is 0.387. The van der Waals surface area contributed by atoms with Crippen molar-refractivity contribution in [1.29, 1.82) is 0 Å². The summed E-state index contributed by atoms with van der Waals surface area (Å²) in [5, 5.41) is 3.11. The van der Waals surface area contributed by atoms with E-state index in [0.29, 0.717) is 12.6 Å². The third kappa shape index (κ3) is 2.41. The van der Waals surface area contributed by atoms with Crippen LogP contribution in [0.1, 0.15) is 16.8 Å². The molecule has 1 aromatic heterocycles. The Morgan fingerprint density at radius 1 is 1.25 bits per heavy atom. The molecule has 0 amide bonds. The second kappa shape index (κ2) is 4.37. The van der Waals surface area contributed by atoms with Gasteiger partial charge in [0.15, 0.2) is 0 Å². The first-order valence-corrected chi connectivity index (χ1v) is 5.17. The number of anilines is 2. The zero-order valence-electron chi connectivity index (χ0n) is 9.45. The monoisotopic (exact) mass is 217 g/mol. The Kier molecular flexibility index (Phi) is 2.92. The van der Waals surface area contributed by atoms with E-state index < -0.39 is 0 Å². The summed E-state index contributed by atoms with van der Waals surface area (Å²) in [6.45, 7) is 4.50. The summed E-state index contributed by atoms with van der Waals surface area (Å²) < 4.78 is 5.24. The molecule has 16 heavy (non-hydrogen) atoms. The fourth-order valence-corrected chi connectivity index (χ4v) is 1.63. The van der Waals surface area contributed by atoms with Gasteiger partial charge < -0.3 is 15.5 Å². The van der Waals surface area contributed by atoms with Crippen LogP contribution in [-0.4, -0.2) is 4.98 Å². The normalized spacial score (nSPS) is 10.4. The molecule has 0 fully saturated rings. The molecule has 1 aromatic carbocycles. The predicted octanol–water partition coefficient (Wildman–Crippen LogP) is 2.49. The molecule has 0 radical (unpaired) electrons. The molecule has 0 saturated heterocycles. The van der Waals surface area contributed by atoms with Crippen LogP contribution < -0.4 is 11.1 Å². The van der Waals surface area contributed by atoms with Crippen LogP contribution >= 0.6 is 0 Å². The first-order valence-electron chi connectivity index (χ1n) is 5.17. The Morgan fingerprint density at radius 2 is 1.94 bits per heavy atom. The molecule has 3 N–H and O–H groups in total. The standard InChI is InChI=1S/C12H15N3O/c1-8-3-9(2)5-10(4-8)14-12-15-11(6-13)7-16-12/h3-5,7H,6,13H2,1-2H3,(H,14,15). The second-order valence-electron chi connectivity index (χ2n) is 3.85. The van der Waals surface area contributed by atoms with E-state index in [9.17, 15) is 0 Å². The number of rotatable bonds is 3. The summed E-state index contributed by atoms with van der Waals surface area (Å²) >= 11 is 0. The fraction of sp³-hybridized carbons (Fsp3) is 0.250. The molecule has 0 aliphatic carbocycles. The highest BCUT2D eigenvalue weighted by atomic mass is 16.4. The molecule has 0 aliphatic rings. The van der Waals surface area contributed by atoms with Crippen molar-refractivity contribution in [2.24, 2.45) is 5.73 Å². The lowest BCUT2D eigenvalue weighted by Gasteiger charge is -2.04. The van der Waals surface area contributed by atoms with E-state index in [2.05, 4.69) is 30.2 Å². The van der Waals surface area contributed by atoms with Crippen LogP contribution in [0.4, 0.5) is 11.7 Å². The van der Waals surface area contributed by atoms with Crippen molar-refractivity contribution in [1.82, 2.24) is 4.98 Å². The summed E-state index contributed by atoms with van der Waals surface area (Å²) in [7, 11) is 0. The third-order valence-electron chi connectivity index (χ3n) is 2.23. The Balaban J connectivity index is 2.19. The summed E-state index contributed by atoms with van der Waals surface area (Å²) in [6, 6.07) is 6.68. The molecular weight excluding hydrogens is 202 g/mol. The summed E-state index contributed by atoms with van der Waals surface area (Å²) in [6.07, 6.45) is 1.56. The molecule has 2 aromatic rings. The Hall–Kier alpha value is -1.81. The smallest absolute Gasteiger partial charge is 0.299 e. The molecule has 0 spiro atoms. The first kappa shape index (κ1) is 10.7. The second-order valence-corrected chi connectivity index (χ2v) is 3.85. The Bertz CT molecular complexity index is 471. The minimum Gasteiger partial charge on any atom is -0.432 e. The molecule has 4 heteroatoms. The number of nitrogens with one attached hydrogen (secondary N) is 1. The van der Waals surface area contributed by atoms with E-state index >= 15 is 0 Å². The van der Waals surface area contributed by atoms with E-state index in [0.717, 1.165) is 11.4 Å². The van der Waals surface area contributed by atoms with E-state index in [4.69, 9.17) is 10.2 Å². The van der Waals surface area contributed by atoms with E-state index in [1.54, 1.807) is 6.26 Å². The molecule has 0 saturated carbocycles. The maximum atomic E-state index is 5.45. The lowest BCUT2D eigenvalue weighted by atomic mass is 10.1. The van der Waals surface area contributed by atoms with Gasteiger partial charge in [0.1, 0.15) is 6.26 Å². The minimum atomic E-state index is 0.387. The molecular formula is C12H15N3O. The zero-order valence-corrected chi connectivity index (χ0v) is 9.45. The van der Waals surface area contributed by atoms with Gasteiger partial charge in [-0.3, -0.25) is 0 Å². The molecule has 1 heterocycles. The highest BCUT2D eigenvalue weighted by Crippen LogP contribution is 2.18. The average molecular weight is 217 g/mol. The molecule has 0 unspecified atom stereocenters. The Labute approximate surface area is 94.5 Å².